The zero-order valence-corrected chi connectivity index (χ0v) is 35.1. The van der Waals surface area contributed by atoms with Gasteiger partial charge in [0.15, 0.2) is 0 Å². The highest BCUT2D eigenvalue weighted by atomic mass is 16.5. The lowest BCUT2D eigenvalue weighted by atomic mass is 9.34. The highest BCUT2D eigenvalue weighted by Gasteiger charge is 2.72. The molecular formula is C43H71N5O5. The van der Waals surface area contributed by atoms with E-state index in [2.05, 4.69) is 90.9 Å². The maximum atomic E-state index is 13.7. The zero-order valence-electron chi connectivity index (χ0n) is 35.1. The molecule has 4 aliphatic carbocycles. The first-order chi connectivity index (χ1) is 24.7. The number of aromatic nitrogens is 3. The van der Waals surface area contributed by atoms with Gasteiger partial charge in [0.25, 0.3) is 5.91 Å². The lowest BCUT2D eigenvalue weighted by molar-refractivity contribution is -0.253. The van der Waals surface area contributed by atoms with Crippen molar-refractivity contribution in [3.05, 3.63) is 23.8 Å². The number of rotatable bonds is 11. The minimum atomic E-state index is -0.642. The number of fused-ring (bicyclic) bond motifs is 3. The molecule has 1 aliphatic heterocycles. The fourth-order valence-corrected chi connectivity index (χ4v) is 12.9. The summed E-state index contributed by atoms with van der Waals surface area (Å²) < 4.78 is 15.8. The molecule has 1 unspecified atom stereocenters. The standard InChI is InChI=1S/C43H71N5O5/c1-25(2)28(7)38(8)18-19-40(10)29-14-15-32-39(9)21-52-23-43(32,30(29)16-17-41(40,11)33(38)37(50)51)20-31(34(39)53-22-42(12,44-13)26(3)4)48-35(45-24-46-48)36(49)47-27(5)6/h16,24-29,31-34,44H,14-15,17-23H2,1-13H3,(H,47,49)(H,50,51)/t28-,29+,31-,32+,33-,34+,38-,39+,40-,41+,42-,43?/m1/s1. The molecule has 10 heteroatoms. The van der Waals surface area contributed by atoms with Gasteiger partial charge in [-0.1, -0.05) is 74.0 Å². The first kappa shape index (κ1) is 40.4. The van der Waals surface area contributed by atoms with Crippen LogP contribution in [0.1, 0.15) is 138 Å². The molecule has 10 nitrogen and oxygen atoms in total. The maximum Gasteiger partial charge on any atom is 0.307 e. The monoisotopic (exact) mass is 738 g/mol. The average molecular weight is 738 g/mol. The lowest BCUT2D eigenvalue weighted by Crippen LogP contribution is -2.69. The number of carboxylic acids is 1. The van der Waals surface area contributed by atoms with Crippen LogP contribution in [-0.4, -0.2) is 76.3 Å². The number of carbonyl (C=O) groups is 2. The number of allylic oxidation sites excluding steroid dienone is 1. The molecule has 3 saturated carbocycles. The maximum absolute atomic E-state index is 13.7. The summed E-state index contributed by atoms with van der Waals surface area (Å²) in [5.74, 6) is 0.578. The number of ether oxygens (including phenoxy) is 2. The summed E-state index contributed by atoms with van der Waals surface area (Å²) in [5, 5.41) is 22.5. The Kier molecular flexibility index (Phi) is 10.4. The summed E-state index contributed by atoms with van der Waals surface area (Å²) in [7, 11) is 2.00. The molecule has 1 saturated heterocycles. The van der Waals surface area contributed by atoms with Gasteiger partial charge < -0.3 is 25.2 Å². The van der Waals surface area contributed by atoms with Gasteiger partial charge in [-0.25, -0.2) is 9.67 Å². The van der Waals surface area contributed by atoms with Gasteiger partial charge in [0, 0.05) is 22.4 Å². The molecule has 4 fully saturated rings. The van der Waals surface area contributed by atoms with Crippen LogP contribution in [-0.2, 0) is 14.3 Å². The largest absolute Gasteiger partial charge is 0.481 e. The average Bonchev–Trinajstić information content (AvgIpc) is 3.57. The first-order valence-corrected chi connectivity index (χ1v) is 20.7. The Morgan fingerprint density at radius 1 is 1.06 bits per heavy atom. The van der Waals surface area contributed by atoms with Crippen LogP contribution >= 0.6 is 0 Å². The molecule has 0 aromatic carbocycles. The number of carbonyl (C=O) groups excluding carboxylic acids is 1. The minimum Gasteiger partial charge on any atom is -0.481 e. The Balaban J connectivity index is 1.48. The highest BCUT2D eigenvalue weighted by molar-refractivity contribution is 5.90. The topological polar surface area (TPSA) is 128 Å². The molecule has 1 aromatic rings. The Labute approximate surface area is 319 Å². The van der Waals surface area contributed by atoms with E-state index in [0.717, 1.165) is 38.5 Å². The van der Waals surface area contributed by atoms with Crippen molar-refractivity contribution < 1.29 is 24.2 Å². The summed E-state index contributed by atoms with van der Waals surface area (Å²) in [6.07, 6.45) is 9.17. The molecule has 0 spiro atoms. The van der Waals surface area contributed by atoms with Crippen LogP contribution in [0.2, 0.25) is 0 Å². The molecule has 0 radical (unpaired) electrons. The van der Waals surface area contributed by atoms with Gasteiger partial charge in [0.05, 0.1) is 37.9 Å². The van der Waals surface area contributed by atoms with Crippen LogP contribution in [0.3, 0.4) is 0 Å². The number of likely N-dealkylation sites (N-methyl/N-ethyl adjacent to an activating group) is 1. The number of hydrogen-bond acceptors (Lipinski definition) is 7. The van der Waals surface area contributed by atoms with Gasteiger partial charge in [-0.3, -0.25) is 9.59 Å². The second kappa shape index (κ2) is 13.7. The second-order valence-corrected chi connectivity index (χ2v) is 20.3. The van der Waals surface area contributed by atoms with Crippen LogP contribution in [0.25, 0.3) is 0 Å². The summed E-state index contributed by atoms with van der Waals surface area (Å²) >= 11 is 0. The Morgan fingerprint density at radius 3 is 2.36 bits per heavy atom. The van der Waals surface area contributed by atoms with E-state index in [9.17, 15) is 14.7 Å². The number of amides is 1. The van der Waals surface area contributed by atoms with Crippen LogP contribution in [0.5, 0.6) is 0 Å². The Morgan fingerprint density at radius 2 is 1.75 bits per heavy atom. The fraction of sp³-hybridized carbons (Fsp3) is 0.860. The normalized spacial score (nSPS) is 41.2. The predicted molar refractivity (Wildman–Crippen MR) is 207 cm³/mol. The number of nitrogens with zero attached hydrogens (tertiary/aromatic N) is 3. The number of nitrogens with one attached hydrogen (secondary N) is 2. The predicted octanol–water partition coefficient (Wildman–Crippen LogP) is 7.57. The van der Waals surface area contributed by atoms with E-state index < -0.39 is 17.3 Å². The van der Waals surface area contributed by atoms with E-state index in [1.54, 1.807) is 0 Å². The molecule has 1 aromatic heterocycles. The molecule has 12 atom stereocenters. The van der Waals surface area contributed by atoms with Gasteiger partial charge in [-0.05, 0) is 112 Å². The molecule has 3 N–H and O–H groups in total. The van der Waals surface area contributed by atoms with Gasteiger partial charge in [0.1, 0.15) is 6.33 Å². The van der Waals surface area contributed by atoms with Crippen molar-refractivity contribution in [3.63, 3.8) is 0 Å². The minimum absolute atomic E-state index is 0.0428. The zero-order chi connectivity index (χ0) is 39.1. The van der Waals surface area contributed by atoms with E-state index in [-0.39, 0.29) is 57.2 Å². The summed E-state index contributed by atoms with van der Waals surface area (Å²) in [5.41, 5.74) is -0.320. The van der Waals surface area contributed by atoms with Crippen molar-refractivity contribution in [1.29, 1.82) is 0 Å². The fourth-order valence-electron chi connectivity index (χ4n) is 12.9. The first-order valence-electron chi connectivity index (χ1n) is 20.7. The SMILES string of the molecule is CN[C@](C)(CO[C@H]1[C@H](n2ncnc2C(=O)NC(C)C)CC23COC[C@@]1(C)[C@@H]2CC[C@H]1C3=CC[C@@]2(C)[C@H](C(=O)O)[C@@](C)([C@H](C)C(C)C)CC[C@]12C)C(C)C. The molecule has 5 aliphatic rings. The summed E-state index contributed by atoms with van der Waals surface area (Å²) in [4.78, 5) is 31.8. The lowest BCUT2D eigenvalue weighted by Gasteiger charge is -2.71. The molecule has 1 amide bonds. The molecule has 53 heavy (non-hydrogen) atoms. The third kappa shape index (κ3) is 5.88. The molecule has 2 heterocycles. The van der Waals surface area contributed by atoms with Gasteiger partial charge >= 0.3 is 5.97 Å². The van der Waals surface area contributed by atoms with Crippen molar-refractivity contribution in [1.82, 2.24) is 25.4 Å². The van der Waals surface area contributed by atoms with Gasteiger partial charge in [0.2, 0.25) is 5.82 Å². The van der Waals surface area contributed by atoms with Gasteiger partial charge in [-0.15, -0.1) is 0 Å². The van der Waals surface area contributed by atoms with Crippen LogP contribution in [0.15, 0.2) is 18.0 Å². The Bertz CT molecular complexity index is 1590. The van der Waals surface area contributed by atoms with Crippen LogP contribution in [0.4, 0.5) is 0 Å². The molecular weight excluding hydrogens is 667 g/mol. The molecule has 2 bridgehead atoms. The number of aliphatic carboxylic acids is 1. The van der Waals surface area contributed by atoms with Crippen LogP contribution < -0.4 is 10.6 Å². The van der Waals surface area contributed by atoms with Crippen molar-refractivity contribution in [2.24, 2.45) is 62.6 Å². The third-order valence-electron chi connectivity index (χ3n) is 17.0. The highest BCUT2D eigenvalue weighted by Crippen LogP contribution is 2.75. The quantitative estimate of drug-likeness (QED) is 0.199. The summed E-state index contributed by atoms with van der Waals surface area (Å²) in [6, 6.07) is -0.295. The van der Waals surface area contributed by atoms with E-state index in [1.165, 1.54) is 11.9 Å². The summed E-state index contributed by atoms with van der Waals surface area (Å²) in [6.45, 7) is 28.4. The smallest absolute Gasteiger partial charge is 0.307 e. The number of hydrogen-bond donors (Lipinski definition) is 3. The molecule has 298 valence electrons. The van der Waals surface area contributed by atoms with E-state index >= 15 is 0 Å². The van der Waals surface area contributed by atoms with Crippen LogP contribution in [0, 0.1) is 62.6 Å². The van der Waals surface area contributed by atoms with Gasteiger partial charge in [-0.2, -0.15) is 5.10 Å². The van der Waals surface area contributed by atoms with E-state index in [1.807, 2.05) is 25.6 Å². The Hall–Kier alpha value is -2.30. The van der Waals surface area contributed by atoms with Crippen molar-refractivity contribution >= 4 is 11.9 Å². The number of carboxylic acid groups (broad SMARTS) is 1. The molecule has 6 rings (SSSR count). The van der Waals surface area contributed by atoms with E-state index in [0.29, 0.717) is 49.3 Å². The van der Waals surface area contributed by atoms with Crippen molar-refractivity contribution in [2.75, 3.05) is 26.9 Å². The van der Waals surface area contributed by atoms with E-state index in [4.69, 9.17) is 14.6 Å². The van der Waals surface area contributed by atoms with Crippen molar-refractivity contribution in [3.8, 4) is 0 Å². The van der Waals surface area contributed by atoms with Crippen molar-refractivity contribution in [2.45, 2.75) is 145 Å². The second-order valence-electron chi connectivity index (χ2n) is 20.3. The third-order valence-corrected chi connectivity index (χ3v) is 17.0.